The fourth-order valence-corrected chi connectivity index (χ4v) is 3.78. The van der Waals surface area contributed by atoms with Crippen molar-refractivity contribution in [1.82, 2.24) is 0 Å². The van der Waals surface area contributed by atoms with Gasteiger partial charge in [0.1, 0.15) is 11.9 Å². The smallest absolute Gasteiger partial charge is 0.123 e. The van der Waals surface area contributed by atoms with Crippen LogP contribution >= 0.6 is 0 Å². The zero-order valence-electron chi connectivity index (χ0n) is 12.8. The molecule has 110 valence electrons. The fraction of sp³-hybridized carbons (Fsp3) is 0.647. The van der Waals surface area contributed by atoms with Crippen LogP contribution in [0.25, 0.3) is 0 Å². The monoisotopic (exact) mass is 275 g/mol. The molecule has 2 N–H and O–H groups in total. The minimum Gasteiger partial charge on any atom is -0.490 e. The summed E-state index contributed by atoms with van der Waals surface area (Å²) < 4.78 is 11.7. The molecular weight excluding hydrogens is 250 g/mol. The number of ether oxygens (including phenoxy) is 2. The average Bonchev–Trinajstić information content (AvgIpc) is 2.87. The lowest BCUT2D eigenvalue weighted by Gasteiger charge is -2.26. The average molecular weight is 275 g/mol. The van der Waals surface area contributed by atoms with Crippen LogP contribution in [-0.2, 0) is 11.2 Å². The Morgan fingerprint density at radius 3 is 2.55 bits per heavy atom. The first kappa shape index (κ1) is 13.9. The summed E-state index contributed by atoms with van der Waals surface area (Å²) in [5.41, 5.74) is 9.05. The summed E-state index contributed by atoms with van der Waals surface area (Å²) in [7, 11) is 0. The van der Waals surface area contributed by atoms with Gasteiger partial charge in [-0.05, 0) is 43.9 Å². The van der Waals surface area contributed by atoms with Crippen LogP contribution in [0.5, 0.6) is 5.75 Å². The molecule has 2 aliphatic rings. The van der Waals surface area contributed by atoms with Crippen molar-refractivity contribution in [2.24, 2.45) is 17.6 Å². The quantitative estimate of drug-likeness (QED) is 0.902. The Morgan fingerprint density at radius 2 is 1.90 bits per heavy atom. The summed E-state index contributed by atoms with van der Waals surface area (Å²) in [6, 6.07) is 6.45. The van der Waals surface area contributed by atoms with Crippen molar-refractivity contribution in [3.05, 3.63) is 29.3 Å². The molecule has 3 heteroatoms. The topological polar surface area (TPSA) is 44.5 Å². The second kappa shape index (κ2) is 5.05. The van der Waals surface area contributed by atoms with Crippen molar-refractivity contribution in [3.8, 4) is 5.75 Å². The molecule has 1 aromatic rings. The van der Waals surface area contributed by atoms with Crippen LogP contribution in [0.2, 0.25) is 0 Å². The van der Waals surface area contributed by atoms with E-state index in [1.807, 2.05) is 0 Å². The van der Waals surface area contributed by atoms with Crippen LogP contribution in [0.4, 0.5) is 0 Å². The molecule has 0 spiro atoms. The first-order valence-electron chi connectivity index (χ1n) is 7.68. The van der Waals surface area contributed by atoms with Gasteiger partial charge in [-0.1, -0.05) is 19.1 Å². The molecule has 0 aromatic heterocycles. The summed E-state index contributed by atoms with van der Waals surface area (Å²) in [5, 5.41) is 0. The summed E-state index contributed by atoms with van der Waals surface area (Å²) >= 11 is 0. The fourth-order valence-electron chi connectivity index (χ4n) is 3.78. The number of nitrogens with two attached hydrogens (primary N) is 1. The molecule has 0 aliphatic carbocycles. The number of hydrogen-bond donors (Lipinski definition) is 1. The highest BCUT2D eigenvalue weighted by Crippen LogP contribution is 2.40. The van der Waals surface area contributed by atoms with Crippen molar-refractivity contribution in [3.63, 3.8) is 0 Å². The lowest BCUT2D eigenvalue weighted by Crippen LogP contribution is -2.30. The third kappa shape index (κ3) is 2.23. The van der Waals surface area contributed by atoms with Crippen LogP contribution in [0.15, 0.2) is 18.2 Å². The second-order valence-electron chi connectivity index (χ2n) is 6.51. The zero-order chi connectivity index (χ0) is 14.4. The van der Waals surface area contributed by atoms with E-state index >= 15 is 0 Å². The molecule has 0 saturated carbocycles. The van der Waals surface area contributed by atoms with Gasteiger partial charge < -0.3 is 15.2 Å². The van der Waals surface area contributed by atoms with Crippen LogP contribution in [-0.4, -0.2) is 18.3 Å². The largest absolute Gasteiger partial charge is 0.490 e. The number of rotatable bonds is 2. The maximum absolute atomic E-state index is 6.55. The minimum atomic E-state index is 0.0335. The van der Waals surface area contributed by atoms with Gasteiger partial charge in [-0.2, -0.15) is 0 Å². The second-order valence-corrected chi connectivity index (χ2v) is 6.51. The normalized spacial score (nSPS) is 37.5. The van der Waals surface area contributed by atoms with E-state index in [-0.39, 0.29) is 18.2 Å². The van der Waals surface area contributed by atoms with Gasteiger partial charge in [-0.25, -0.2) is 0 Å². The van der Waals surface area contributed by atoms with Crippen molar-refractivity contribution in [2.45, 2.75) is 58.5 Å². The molecule has 1 aromatic carbocycles. The molecule has 2 aliphatic heterocycles. The highest BCUT2D eigenvalue weighted by Gasteiger charge is 2.41. The van der Waals surface area contributed by atoms with Crippen LogP contribution < -0.4 is 10.5 Å². The lowest BCUT2D eigenvalue weighted by molar-refractivity contribution is 0.0489. The molecule has 2 heterocycles. The zero-order valence-corrected chi connectivity index (χ0v) is 12.8. The van der Waals surface area contributed by atoms with E-state index in [0.29, 0.717) is 17.9 Å². The highest BCUT2D eigenvalue weighted by molar-refractivity contribution is 5.41. The standard InChI is InChI=1S/C17H25NO2/c1-9-7-14-8-13(5-6-15(14)19-9)17(18)16-10(2)11(3)20-12(16)4/h5-6,8-12,16-17H,7,18H2,1-4H3. The maximum atomic E-state index is 6.55. The Balaban J connectivity index is 1.85. The third-order valence-corrected chi connectivity index (χ3v) is 5.04. The van der Waals surface area contributed by atoms with Crippen molar-refractivity contribution >= 4 is 0 Å². The molecule has 20 heavy (non-hydrogen) atoms. The Bertz CT molecular complexity index is 502. The molecule has 0 amide bonds. The predicted molar refractivity (Wildman–Crippen MR) is 79.8 cm³/mol. The predicted octanol–water partition coefficient (Wildman–Crippen LogP) is 3.07. The summed E-state index contributed by atoms with van der Waals surface area (Å²) in [4.78, 5) is 0. The molecule has 0 radical (unpaired) electrons. The van der Waals surface area contributed by atoms with E-state index < -0.39 is 0 Å². The summed E-state index contributed by atoms with van der Waals surface area (Å²) in [5.74, 6) is 1.89. The molecule has 6 atom stereocenters. The number of fused-ring (bicyclic) bond motifs is 1. The van der Waals surface area contributed by atoms with E-state index in [2.05, 4.69) is 45.9 Å². The molecular formula is C17H25NO2. The van der Waals surface area contributed by atoms with E-state index in [1.54, 1.807) is 0 Å². The van der Waals surface area contributed by atoms with Gasteiger partial charge in [0.15, 0.2) is 0 Å². The Hall–Kier alpha value is -1.06. The number of hydrogen-bond acceptors (Lipinski definition) is 3. The SMILES string of the molecule is CC1Cc2cc(C(N)C3C(C)OC(C)C3C)ccc2O1. The number of benzene rings is 1. The van der Waals surface area contributed by atoms with Crippen LogP contribution in [0, 0.1) is 11.8 Å². The Kier molecular flexibility index (Phi) is 3.51. The van der Waals surface area contributed by atoms with E-state index in [0.717, 1.165) is 12.2 Å². The van der Waals surface area contributed by atoms with Gasteiger partial charge in [0.05, 0.1) is 12.2 Å². The van der Waals surface area contributed by atoms with Crippen molar-refractivity contribution in [2.75, 3.05) is 0 Å². The van der Waals surface area contributed by atoms with Crippen LogP contribution in [0.3, 0.4) is 0 Å². The first-order valence-corrected chi connectivity index (χ1v) is 7.68. The Morgan fingerprint density at radius 1 is 1.15 bits per heavy atom. The van der Waals surface area contributed by atoms with Gasteiger partial charge in [0, 0.05) is 18.4 Å². The van der Waals surface area contributed by atoms with Gasteiger partial charge >= 0.3 is 0 Å². The van der Waals surface area contributed by atoms with Crippen molar-refractivity contribution in [1.29, 1.82) is 0 Å². The third-order valence-electron chi connectivity index (χ3n) is 5.04. The van der Waals surface area contributed by atoms with Crippen LogP contribution in [0.1, 0.15) is 44.9 Å². The molecule has 3 rings (SSSR count). The van der Waals surface area contributed by atoms with Gasteiger partial charge in [0.25, 0.3) is 0 Å². The maximum Gasteiger partial charge on any atom is 0.123 e. The van der Waals surface area contributed by atoms with Gasteiger partial charge in [0.2, 0.25) is 0 Å². The molecule has 1 saturated heterocycles. The van der Waals surface area contributed by atoms with Gasteiger partial charge in [-0.3, -0.25) is 0 Å². The van der Waals surface area contributed by atoms with Crippen molar-refractivity contribution < 1.29 is 9.47 Å². The molecule has 6 unspecified atom stereocenters. The van der Waals surface area contributed by atoms with E-state index in [1.165, 1.54) is 11.1 Å². The molecule has 0 bridgehead atoms. The minimum absolute atomic E-state index is 0.0335. The van der Waals surface area contributed by atoms with E-state index in [9.17, 15) is 0 Å². The lowest BCUT2D eigenvalue weighted by atomic mass is 9.80. The molecule has 1 fully saturated rings. The summed E-state index contributed by atoms with van der Waals surface area (Å²) in [6.07, 6.45) is 1.78. The van der Waals surface area contributed by atoms with E-state index in [4.69, 9.17) is 15.2 Å². The Labute approximate surface area is 121 Å². The first-order chi connectivity index (χ1) is 9.47. The van der Waals surface area contributed by atoms with Gasteiger partial charge in [-0.15, -0.1) is 0 Å². The highest BCUT2D eigenvalue weighted by atomic mass is 16.5. The summed E-state index contributed by atoms with van der Waals surface area (Å²) in [6.45, 7) is 8.64. The molecule has 3 nitrogen and oxygen atoms in total.